The van der Waals surface area contributed by atoms with Crippen LogP contribution in [0.15, 0.2) is 0 Å². The van der Waals surface area contributed by atoms with Gasteiger partial charge in [-0.3, -0.25) is 37.3 Å². The smallest absolute Gasteiger partial charge is 0.462 e. The molecule has 0 spiro atoms. The minimum atomic E-state index is -4.95. The molecule has 0 aromatic carbocycles. The van der Waals surface area contributed by atoms with Crippen LogP contribution in [0.3, 0.4) is 0 Å². The van der Waals surface area contributed by atoms with E-state index in [1.807, 2.05) is 0 Å². The zero-order valence-corrected chi connectivity index (χ0v) is 60.6. The highest BCUT2D eigenvalue weighted by atomic mass is 31.2. The number of carbonyl (C=O) groups is 4. The molecular formula is C71H138O17P2. The fourth-order valence-corrected chi connectivity index (χ4v) is 12.1. The second-order valence-corrected chi connectivity index (χ2v) is 29.7. The summed E-state index contributed by atoms with van der Waals surface area (Å²) in [6.07, 6.45) is 43.0. The number of esters is 4. The van der Waals surface area contributed by atoms with E-state index in [0.717, 1.165) is 126 Å². The van der Waals surface area contributed by atoms with E-state index < -0.39 is 97.5 Å². The summed E-state index contributed by atoms with van der Waals surface area (Å²) < 4.78 is 68.3. The predicted molar refractivity (Wildman–Crippen MR) is 363 cm³/mol. The Morgan fingerprint density at radius 2 is 0.533 bits per heavy atom. The van der Waals surface area contributed by atoms with Crippen molar-refractivity contribution in [1.82, 2.24) is 0 Å². The first-order chi connectivity index (χ1) is 43.2. The predicted octanol–water partition coefficient (Wildman–Crippen LogP) is 20.1. The molecule has 17 nitrogen and oxygen atoms in total. The van der Waals surface area contributed by atoms with Gasteiger partial charge in [0.15, 0.2) is 12.2 Å². The van der Waals surface area contributed by atoms with Gasteiger partial charge in [-0.2, -0.15) is 0 Å². The lowest BCUT2D eigenvalue weighted by atomic mass is 9.99. The summed E-state index contributed by atoms with van der Waals surface area (Å²) >= 11 is 0. The van der Waals surface area contributed by atoms with Crippen molar-refractivity contribution in [3.8, 4) is 0 Å². The van der Waals surface area contributed by atoms with Crippen molar-refractivity contribution in [2.24, 2.45) is 23.7 Å². The standard InChI is InChI=1S/C71H138O17P2/c1-9-62(6)48-40-32-24-20-17-18-22-26-38-46-54-71(76)88-67(58-82-69(74)52-44-36-30-28-34-42-50-64(8)11-3)60-86-90(79,80)84-56-65(72)55-83-89(77,78)85-59-66(57-81-68(73)51-43-35-29-27-33-41-49-63(7)10-2)87-70(75)53-45-37-25-21-16-14-12-13-15-19-23-31-39-47-61(4)5/h61-67,72H,9-60H2,1-8H3,(H,77,78)(H,79,80)/t62?,63?,64?,65-,66-,67-/m1/s1. The van der Waals surface area contributed by atoms with Crippen molar-refractivity contribution < 1.29 is 80.2 Å². The molecule has 0 fully saturated rings. The molecule has 0 bridgehead atoms. The van der Waals surface area contributed by atoms with E-state index in [1.165, 1.54) is 141 Å². The van der Waals surface area contributed by atoms with E-state index in [2.05, 4.69) is 55.4 Å². The maximum absolute atomic E-state index is 13.0. The molecule has 0 amide bonds. The van der Waals surface area contributed by atoms with E-state index in [0.29, 0.717) is 25.7 Å². The van der Waals surface area contributed by atoms with Gasteiger partial charge in [-0.1, -0.05) is 299 Å². The van der Waals surface area contributed by atoms with Crippen LogP contribution in [-0.4, -0.2) is 96.7 Å². The molecule has 8 atom stereocenters. The zero-order chi connectivity index (χ0) is 66.8. The Morgan fingerprint density at radius 3 is 0.789 bits per heavy atom. The lowest BCUT2D eigenvalue weighted by molar-refractivity contribution is -0.161. The fraction of sp³-hybridized carbons (Fsp3) is 0.944. The van der Waals surface area contributed by atoms with Crippen LogP contribution in [0, 0.1) is 23.7 Å². The minimum absolute atomic E-state index is 0.105. The lowest BCUT2D eigenvalue weighted by Crippen LogP contribution is -2.30. The number of aliphatic hydroxyl groups is 1. The van der Waals surface area contributed by atoms with Gasteiger partial charge in [0.05, 0.1) is 26.4 Å². The molecule has 0 aliphatic heterocycles. The van der Waals surface area contributed by atoms with E-state index in [4.69, 9.17) is 37.0 Å². The first-order valence-electron chi connectivity index (χ1n) is 36.8. The average molecular weight is 1330 g/mol. The molecule has 19 heteroatoms. The van der Waals surface area contributed by atoms with E-state index in [1.54, 1.807) is 0 Å². The highest BCUT2D eigenvalue weighted by Gasteiger charge is 2.30. The molecule has 0 rings (SSSR count). The van der Waals surface area contributed by atoms with Crippen LogP contribution < -0.4 is 0 Å². The molecule has 5 unspecified atom stereocenters. The van der Waals surface area contributed by atoms with Gasteiger partial charge < -0.3 is 33.8 Å². The van der Waals surface area contributed by atoms with Crippen LogP contribution >= 0.6 is 15.6 Å². The summed E-state index contributed by atoms with van der Waals surface area (Å²) in [6, 6.07) is 0. The third kappa shape index (κ3) is 61.0. The van der Waals surface area contributed by atoms with Gasteiger partial charge in [0.1, 0.15) is 19.3 Å². The highest BCUT2D eigenvalue weighted by molar-refractivity contribution is 7.47. The van der Waals surface area contributed by atoms with Crippen LogP contribution in [0.5, 0.6) is 0 Å². The van der Waals surface area contributed by atoms with Crippen molar-refractivity contribution in [2.75, 3.05) is 39.6 Å². The van der Waals surface area contributed by atoms with Crippen molar-refractivity contribution in [1.29, 1.82) is 0 Å². The first kappa shape index (κ1) is 88.1. The minimum Gasteiger partial charge on any atom is -0.462 e. The quantitative estimate of drug-likeness (QED) is 0.0222. The van der Waals surface area contributed by atoms with E-state index >= 15 is 0 Å². The van der Waals surface area contributed by atoms with Crippen LogP contribution in [0.4, 0.5) is 0 Å². The van der Waals surface area contributed by atoms with E-state index in [9.17, 15) is 43.2 Å². The number of hydrogen-bond acceptors (Lipinski definition) is 15. The fourth-order valence-electron chi connectivity index (χ4n) is 10.6. The Kier molecular flexibility index (Phi) is 59.4. The van der Waals surface area contributed by atoms with Crippen molar-refractivity contribution in [2.45, 2.75) is 369 Å². The number of phosphoric ester groups is 2. The van der Waals surface area contributed by atoms with Gasteiger partial charge in [0.2, 0.25) is 0 Å². The van der Waals surface area contributed by atoms with Gasteiger partial charge in [-0.25, -0.2) is 9.13 Å². The SMILES string of the molecule is CCC(C)CCCCCCCCCCCCC(=O)O[C@H](COC(=O)CCCCCCCCC(C)CC)COP(=O)(O)OC[C@H](O)COP(=O)(O)OC[C@@H](COC(=O)CCCCCCCCC(C)CC)OC(=O)CCCCCCCCCCCCCCCC(C)C. The molecule has 0 radical (unpaired) electrons. The molecule has 0 aliphatic carbocycles. The molecule has 3 N–H and O–H groups in total. The Labute approximate surface area is 549 Å². The number of phosphoric acid groups is 2. The average Bonchev–Trinajstić information content (AvgIpc) is 3.07. The van der Waals surface area contributed by atoms with Gasteiger partial charge in [-0.15, -0.1) is 0 Å². The van der Waals surface area contributed by atoms with Gasteiger partial charge in [-0.05, 0) is 49.4 Å². The van der Waals surface area contributed by atoms with Gasteiger partial charge >= 0.3 is 39.5 Å². The molecule has 0 aromatic rings. The number of hydrogen-bond donors (Lipinski definition) is 3. The molecule has 90 heavy (non-hydrogen) atoms. The summed E-state index contributed by atoms with van der Waals surface area (Å²) in [7, 11) is -9.91. The number of ether oxygens (including phenoxy) is 4. The van der Waals surface area contributed by atoms with Crippen LogP contribution in [0.25, 0.3) is 0 Å². The molecule has 0 saturated carbocycles. The Balaban J connectivity index is 5.25. The largest absolute Gasteiger partial charge is 0.472 e. The second kappa shape index (κ2) is 60.7. The third-order valence-electron chi connectivity index (χ3n) is 17.4. The van der Waals surface area contributed by atoms with Crippen molar-refractivity contribution in [3.63, 3.8) is 0 Å². The summed E-state index contributed by atoms with van der Waals surface area (Å²) in [4.78, 5) is 72.6. The summed E-state index contributed by atoms with van der Waals surface area (Å²) in [5, 5.41) is 10.6. The molecular weight excluding hydrogens is 1190 g/mol. The van der Waals surface area contributed by atoms with Crippen molar-refractivity contribution in [3.05, 3.63) is 0 Å². The highest BCUT2D eigenvalue weighted by Crippen LogP contribution is 2.45. The van der Waals surface area contributed by atoms with E-state index in [-0.39, 0.29) is 25.7 Å². The number of unbranched alkanes of at least 4 members (excludes halogenated alkanes) is 31. The number of carbonyl (C=O) groups excluding carboxylic acids is 4. The van der Waals surface area contributed by atoms with Crippen LogP contribution in [0.2, 0.25) is 0 Å². The van der Waals surface area contributed by atoms with Crippen LogP contribution in [-0.2, 0) is 65.4 Å². The molecule has 534 valence electrons. The first-order valence-corrected chi connectivity index (χ1v) is 39.8. The zero-order valence-electron chi connectivity index (χ0n) is 58.8. The second-order valence-electron chi connectivity index (χ2n) is 26.8. The van der Waals surface area contributed by atoms with Gasteiger partial charge in [0, 0.05) is 25.7 Å². The Bertz CT molecular complexity index is 1790. The summed E-state index contributed by atoms with van der Waals surface area (Å²) in [6.45, 7) is 14.1. The molecule has 0 heterocycles. The number of rotatable bonds is 68. The van der Waals surface area contributed by atoms with Gasteiger partial charge in [0.25, 0.3) is 0 Å². The van der Waals surface area contributed by atoms with Crippen LogP contribution in [0.1, 0.15) is 351 Å². The molecule has 0 saturated heterocycles. The normalized spacial score (nSPS) is 15.2. The topological polar surface area (TPSA) is 237 Å². The monoisotopic (exact) mass is 1320 g/mol. The maximum Gasteiger partial charge on any atom is 0.472 e. The maximum atomic E-state index is 13.0. The Hall–Kier alpha value is -1.94. The third-order valence-corrected chi connectivity index (χ3v) is 19.3. The lowest BCUT2D eigenvalue weighted by Gasteiger charge is -2.21. The molecule has 0 aromatic heterocycles. The molecule has 0 aliphatic rings. The summed E-state index contributed by atoms with van der Waals surface area (Å²) in [5.41, 5.74) is 0. The summed E-state index contributed by atoms with van der Waals surface area (Å²) in [5.74, 6) is 0.921. The number of aliphatic hydroxyl groups excluding tert-OH is 1. The van der Waals surface area contributed by atoms with Crippen molar-refractivity contribution >= 4 is 39.5 Å². The Morgan fingerprint density at radius 1 is 0.311 bits per heavy atom.